The molecule has 1 rings (SSSR count). The molecule has 18 heavy (non-hydrogen) atoms. The fraction of sp³-hybridized carbons (Fsp3) is 0.125. The van der Waals surface area contributed by atoms with Gasteiger partial charge in [0.25, 0.3) is 9.05 Å². The minimum Gasteiger partial charge on any atom is -0.465 e. The van der Waals surface area contributed by atoms with Crippen LogP contribution in [0.2, 0.25) is 0 Å². The third kappa shape index (κ3) is 2.57. The minimum absolute atomic E-state index is 0.528. The Morgan fingerprint density at radius 3 is 2.44 bits per heavy atom. The number of benzene rings is 1. The number of nitro groups is 1. The van der Waals surface area contributed by atoms with E-state index in [1.165, 1.54) is 0 Å². The third-order valence-corrected chi connectivity index (χ3v) is 3.29. The Morgan fingerprint density at radius 2 is 2.06 bits per heavy atom. The highest BCUT2D eigenvalue weighted by Crippen LogP contribution is 2.31. The molecule has 0 amide bonds. The SMILES string of the molecule is COC(=O)c1c(S(=O)(=O)Cl)ccc(F)c1[N+](=O)[O-]. The minimum atomic E-state index is -4.46. The second-order valence-electron chi connectivity index (χ2n) is 2.96. The number of rotatable bonds is 3. The smallest absolute Gasteiger partial charge is 0.346 e. The zero-order valence-electron chi connectivity index (χ0n) is 8.72. The van der Waals surface area contributed by atoms with Gasteiger partial charge in [-0.25, -0.2) is 13.2 Å². The summed E-state index contributed by atoms with van der Waals surface area (Å²) in [4.78, 5) is 19.9. The fourth-order valence-electron chi connectivity index (χ4n) is 1.23. The monoisotopic (exact) mass is 297 g/mol. The molecule has 0 aliphatic rings. The maximum Gasteiger partial charge on any atom is 0.346 e. The van der Waals surface area contributed by atoms with Crippen LogP contribution in [0.5, 0.6) is 0 Å². The molecule has 0 aliphatic heterocycles. The number of nitro benzene ring substituents is 1. The van der Waals surface area contributed by atoms with Crippen LogP contribution in [0.4, 0.5) is 10.1 Å². The van der Waals surface area contributed by atoms with Crippen LogP contribution in [-0.2, 0) is 13.8 Å². The van der Waals surface area contributed by atoms with E-state index in [0.29, 0.717) is 12.1 Å². The molecule has 0 spiro atoms. The summed E-state index contributed by atoms with van der Waals surface area (Å²) in [6, 6.07) is 1.18. The summed E-state index contributed by atoms with van der Waals surface area (Å²) in [6.45, 7) is 0. The average Bonchev–Trinajstić information content (AvgIpc) is 2.25. The van der Waals surface area contributed by atoms with E-state index in [4.69, 9.17) is 10.7 Å². The van der Waals surface area contributed by atoms with Gasteiger partial charge in [-0.1, -0.05) is 0 Å². The summed E-state index contributed by atoms with van der Waals surface area (Å²) in [5, 5.41) is 10.7. The fourth-order valence-corrected chi connectivity index (χ4v) is 2.27. The van der Waals surface area contributed by atoms with Crippen LogP contribution >= 0.6 is 10.7 Å². The Labute approximate surface area is 105 Å². The Kier molecular flexibility index (Phi) is 3.87. The number of hydrogen-bond donors (Lipinski definition) is 0. The molecule has 0 aromatic heterocycles. The van der Waals surface area contributed by atoms with Gasteiger partial charge in [0.2, 0.25) is 5.82 Å². The zero-order valence-corrected chi connectivity index (χ0v) is 10.3. The average molecular weight is 298 g/mol. The lowest BCUT2D eigenvalue weighted by Gasteiger charge is -2.06. The van der Waals surface area contributed by atoms with Crippen molar-refractivity contribution in [2.75, 3.05) is 7.11 Å². The van der Waals surface area contributed by atoms with Gasteiger partial charge in [-0.3, -0.25) is 10.1 Å². The number of carbonyl (C=O) groups is 1. The highest BCUT2D eigenvalue weighted by molar-refractivity contribution is 8.13. The van der Waals surface area contributed by atoms with Crippen LogP contribution in [0, 0.1) is 15.9 Å². The van der Waals surface area contributed by atoms with Crippen molar-refractivity contribution in [3.05, 3.63) is 33.6 Å². The van der Waals surface area contributed by atoms with Crippen molar-refractivity contribution in [2.45, 2.75) is 4.90 Å². The van der Waals surface area contributed by atoms with Gasteiger partial charge in [0.05, 0.1) is 12.0 Å². The van der Waals surface area contributed by atoms with Crippen molar-refractivity contribution in [1.82, 2.24) is 0 Å². The summed E-state index contributed by atoms with van der Waals surface area (Å²) in [7, 11) is 1.41. The number of nitrogens with zero attached hydrogens (tertiary/aromatic N) is 1. The molecule has 98 valence electrons. The van der Waals surface area contributed by atoms with Gasteiger partial charge in [-0.15, -0.1) is 0 Å². The first kappa shape index (κ1) is 14.3. The van der Waals surface area contributed by atoms with E-state index < -0.39 is 41.9 Å². The van der Waals surface area contributed by atoms with Crippen molar-refractivity contribution >= 4 is 31.4 Å². The van der Waals surface area contributed by atoms with Crippen LogP contribution < -0.4 is 0 Å². The molecule has 7 nitrogen and oxygen atoms in total. The summed E-state index contributed by atoms with van der Waals surface area (Å²) in [5.41, 5.74) is -2.35. The molecule has 0 atom stereocenters. The van der Waals surface area contributed by atoms with Crippen LogP contribution in [0.3, 0.4) is 0 Å². The van der Waals surface area contributed by atoms with Crippen molar-refractivity contribution in [1.29, 1.82) is 0 Å². The van der Waals surface area contributed by atoms with E-state index in [9.17, 15) is 27.7 Å². The van der Waals surface area contributed by atoms with Gasteiger partial charge in [-0.05, 0) is 12.1 Å². The molecule has 0 saturated carbocycles. The van der Waals surface area contributed by atoms with Gasteiger partial charge in [-0.2, -0.15) is 4.39 Å². The van der Waals surface area contributed by atoms with Crippen molar-refractivity contribution in [2.24, 2.45) is 0 Å². The second kappa shape index (κ2) is 4.86. The number of esters is 1. The van der Waals surface area contributed by atoms with Crippen molar-refractivity contribution in [3.63, 3.8) is 0 Å². The second-order valence-corrected chi connectivity index (χ2v) is 5.49. The van der Waals surface area contributed by atoms with Crippen molar-refractivity contribution < 1.29 is 27.3 Å². The Hall–Kier alpha value is -1.74. The summed E-state index contributed by atoms with van der Waals surface area (Å²) in [5.74, 6) is -2.75. The van der Waals surface area contributed by atoms with E-state index in [-0.39, 0.29) is 0 Å². The largest absolute Gasteiger partial charge is 0.465 e. The topological polar surface area (TPSA) is 104 Å². The Bertz CT molecular complexity index is 629. The third-order valence-electron chi connectivity index (χ3n) is 1.93. The molecule has 0 unspecified atom stereocenters. The molecule has 0 radical (unpaired) electrons. The van der Waals surface area contributed by atoms with Gasteiger partial charge in [0.15, 0.2) is 5.56 Å². The predicted molar refractivity (Wildman–Crippen MR) is 57.4 cm³/mol. The Balaban J connectivity index is 3.82. The molecule has 0 saturated heterocycles. The normalized spacial score (nSPS) is 11.1. The van der Waals surface area contributed by atoms with Crippen LogP contribution in [0.15, 0.2) is 17.0 Å². The van der Waals surface area contributed by atoms with E-state index in [0.717, 1.165) is 7.11 Å². The highest BCUT2D eigenvalue weighted by atomic mass is 35.7. The number of ether oxygens (including phenoxy) is 1. The summed E-state index contributed by atoms with van der Waals surface area (Å²) >= 11 is 0. The first-order valence-electron chi connectivity index (χ1n) is 4.20. The zero-order chi connectivity index (χ0) is 14.1. The first-order chi connectivity index (χ1) is 8.20. The Morgan fingerprint density at radius 1 is 1.50 bits per heavy atom. The van der Waals surface area contributed by atoms with Gasteiger partial charge >= 0.3 is 11.7 Å². The predicted octanol–water partition coefficient (Wildman–Crippen LogP) is 1.45. The molecular weight excluding hydrogens is 293 g/mol. The molecule has 10 heteroatoms. The van der Waals surface area contributed by atoms with Crippen molar-refractivity contribution in [3.8, 4) is 0 Å². The van der Waals surface area contributed by atoms with Crippen LogP contribution in [0.1, 0.15) is 10.4 Å². The van der Waals surface area contributed by atoms with E-state index in [1.54, 1.807) is 0 Å². The van der Waals surface area contributed by atoms with E-state index in [1.807, 2.05) is 0 Å². The maximum atomic E-state index is 13.3. The van der Waals surface area contributed by atoms with E-state index in [2.05, 4.69) is 4.74 Å². The lowest BCUT2D eigenvalue weighted by Crippen LogP contribution is -2.12. The molecular formula is C8H5ClFNO6S. The maximum absolute atomic E-state index is 13.3. The highest BCUT2D eigenvalue weighted by Gasteiger charge is 2.33. The molecule has 0 N–H and O–H groups in total. The first-order valence-corrected chi connectivity index (χ1v) is 6.51. The summed E-state index contributed by atoms with van der Waals surface area (Å²) in [6.07, 6.45) is 0. The number of hydrogen-bond acceptors (Lipinski definition) is 6. The summed E-state index contributed by atoms with van der Waals surface area (Å²) < 4.78 is 39.8. The number of halogens is 2. The number of methoxy groups -OCH3 is 1. The van der Waals surface area contributed by atoms with Gasteiger partial charge in [0, 0.05) is 10.7 Å². The quantitative estimate of drug-likeness (QED) is 0.362. The standard InChI is InChI=1S/C8H5ClFNO6S/c1-17-8(12)6-5(18(9,15)16)3-2-4(10)7(6)11(13)14/h2-3H,1H3. The number of carbonyl (C=O) groups excluding carboxylic acids is 1. The van der Waals surface area contributed by atoms with Crippen LogP contribution in [-0.4, -0.2) is 26.4 Å². The lowest BCUT2D eigenvalue weighted by molar-refractivity contribution is -0.388. The molecule has 0 fully saturated rings. The van der Waals surface area contributed by atoms with Crippen LogP contribution in [0.25, 0.3) is 0 Å². The molecule has 0 aliphatic carbocycles. The van der Waals surface area contributed by atoms with Gasteiger partial charge < -0.3 is 4.74 Å². The lowest BCUT2D eigenvalue weighted by atomic mass is 10.1. The molecule has 0 bridgehead atoms. The van der Waals surface area contributed by atoms with E-state index >= 15 is 0 Å². The molecule has 1 aromatic rings. The van der Waals surface area contributed by atoms with Gasteiger partial charge in [0.1, 0.15) is 4.90 Å². The molecule has 1 aromatic carbocycles. The molecule has 0 heterocycles.